The topological polar surface area (TPSA) is 126 Å². The number of phenols is 1. The molecule has 0 bridgehead atoms. The Balaban J connectivity index is 2.20. The molecule has 29 heavy (non-hydrogen) atoms. The highest BCUT2D eigenvalue weighted by molar-refractivity contribution is 7.18. The molecule has 0 aliphatic carbocycles. The number of esters is 2. The molecule has 2 amide bonds. The molecule has 1 aromatic heterocycles. The molecule has 0 spiro atoms. The van der Waals surface area contributed by atoms with E-state index in [2.05, 4.69) is 15.8 Å². The molecule has 1 aromatic carbocycles. The lowest BCUT2D eigenvalue weighted by molar-refractivity contribution is 0.0527. The molecule has 0 radical (unpaired) electrons. The molecule has 0 aliphatic rings. The van der Waals surface area contributed by atoms with Gasteiger partial charge in [0.2, 0.25) is 0 Å². The highest BCUT2D eigenvalue weighted by atomic mass is 32.1. The van der Waals surface area contributed by atoms with Crippen molar-refractivity contribution in [2.45, 2.75) is 20.8 Å². The van der Waals surface area contributed by atoms with Crippen LogP contribution in [0.25, 0.3) is 0 Å². The fourth-order valence-electron chi connectivity index (χ4n) is 2.33. The van der Waals surface area contributed by atoms with Crippen molar-refractivity contribution in [1.29, 1.82) is 0 Å². The smallest absolute Gasteiger partial charge is 0.348 e. The maximum atomic E-state index is 12.3. The van der Waals surface area contributed by atoms with Gasteiger partial charge in [0.15, 0.2) is 0 Å². The molecule has 3 N–H and O–H groups in total. The van der Waals surface area contributed by atoms with Crippen LogP contribution in [0.2, 0.25) is 0 Å². The summed E-state index contributed by atoms with van der Waals surface area (Å²) in [5, 5.41) is 16.1. The zero-order valence-electron chi connectivity index (χ0n) is 16.1. The lowest BCUT2D eigenvalue weighted by Gasteiger charge is -2.06. The highest BCUT2D eigenvalue weighted by Crippen LogP contribution is 2.34. The van der Waals surface area contributed by atoms with Crippen molar-refractivity contribution in [3.8, 4) is 5.75 Å². The number of carbonyl (C=O) groups is 3. The second kappa shape index (κ2) is 10.2. The normalized spacial score (nSPS) is 10.6. The SMILES string of the molecule is CCOC(=O)c1sc(NC(=O)NN=Cc2ccccc2O)c(C(=O)OCC)c1C. The number of nitrogens with one attached hydrogen (secondary N) is 2. The Labute approximate surface area is 171 Å². The summed E-state index contributed by atoms with van der Waals surface area (Å²) in [6, 6.07) is 5.73. The van der Waals surface area contributed by atoms with Gasteiger partial charge in [-0.2, -0.15) is 5.10 Å². The second-order valence-corrected chi connectivity index (χ2v) is 6.60. The number of anilines is 1. The van der Waals surface area contributed by atoms with Gasteiger partial charge < -0.3 is 14.6 Å². The quantitative estimate of drug-likeness (QED) is 0.359. The number of hydrazone groups is 1. The number of carbonyl (C=O) groups excluding carboxylic acids is 3. The molecule has 0 saturated heterocycles. The average Bonchev–Trinajstić information content (AvgIpc) is 2.99. The fourth-order valence-corrected chi connectivity index (χ4v) is 3.41. The standard InChI is InChI=1S/C19H21N3O6S/c1-4-27-17(24)14-11(3)15(18(25)28-5-2)29-16(14)21-19(26)22-20-10-12-8-6-7-9-13(12)23/h6-10,23H,4-5H2,1-3H3,(H2,21,22,26). The number of benzene rings is 1. The van der Waals surface area contributed by atoms with E-state index in [1.807, 2.05) is 0 Å². The lowest BCUT2D eigenvalue weighted by atomic mass is 10.1. The molecule has 10 heteroatoms. The van der Waals surface area contributed by atoms with Gasteiger partial charge in [0, 0.05) is 5.56 Å². The first-order chi connectivity index (χ1) is 13.9. The van der Waals surface area contributed by atoms with Gasteiger partial charge in [-0.15, -0.1) is 11.3 Å². The minimum absolute atomic E-state index is 0.0102. The van der Waals surface area contributed by atoms with Crippen LogP contribution in [0.5, 0.6) is 5.75 Å². The third kappa shape index (κ3) is 5.55. The molecular formula is C19H21N3O6S. The van der Waals surface area contributed by atoms with Crippen LogP contribution >= 0.6 is 11.3 Å². The maximum Gasteiger partial charge on any atom is 0.348 e. The lowest BCUT2D eigenvalue weighted by Crippen LogP contribution is -2.24. The van der Waals surface area contributed by atoms with Crippen LogP contribution in [0.3, 0.4) is 0 Å². The number of nitrogens with zero attached hydrogens (tertiary/aromatic N) is 1. The number of ether oxygens (including phenoxy) is 2. The van der Waals surface area contributed by atoms with Crippen molar-refractivity contribution in [1.82, 2.24) is 5.43 Å². The van der Waals surface area contributed by atoms with Gasteiger partial charge in [-0.3, -0.25) is 5.32 Å². The minimum Gasteiger partial charge on any atom is -0.507 e. The van der Waals surface area contributed by atoms with Crippen molar-refractivity contribution in [3.05, 3.63) is 45.8 Å². The van der Waals surface area contributed by atoms with E-state index in [1.54, 1.807) is 39.0 Å². The van der Waals surface area contributed by atoms with E-state index in [0.717, 1.165) is 11.3 Å². The number of urea groups is 1. The molecule has 2 aromatic rings. The Kier molecular flexibility index (Phi) is 7.72. The van der Waals surface area contributed by atoms with Gasteiger partial charge in [-0.25, -0.2) is 19.8 Å². The van der Waals surface area contributed by atoms with Crippen LogP contribution < -0.4 is 10.7 Å². The largest absolute Gasteiger partial charge is 0.507 e. The van der Waals surface area contributed by atoms with Gasteiger partial charge in [-0.1, -0.05) is 12.1 Å². The van der Waals surface area contributed by atoms with Crippen LogP contribution in [0.4, 0.5) is 9.80 Å². The number of rotatable bonds is 7. The summed E-state index contributed by atoms with van der Waals surface area (Å²) in [6.07, 6.45) is 1.27. The molecule has 0 aliphatic heterocycles. The predicted octanol–water partition coefficient (Wildman–Crippen LogP) is 3.27. The summed E-state index contributed by atoms with van der Waals surface area (Å²) in [5.41, 5.74) is 3.09. The summed E-state index contributed by atoms with van der Waals surface area (Å²) in [7, 11) is 0. The van der Waals surface area contributed by atoms with Gasteiger partial charge >= 0.3 is 18.0 Å². The second-order valence-electron chi connectivity index (χ2n) is 5.58. The van der Waals surface area contributed by atoms with Crippen LogP contribution in [0, 0.1) is 6.92 Å². The summed E-state index contributed by atoms with van der Waals surface area (Å²) in [6.45, 7) is 5.21. The van der Waals surface area contributed by atoms with E-state index < -0.39 is 18.0 Å². The minimum atomic E-state index is -0.737. The van der Waals surface area contributed by atoms with Crippen LogP contribution in [-0.2, 0) is 9.47 Å². The first-order valence-electron chi connectivity index (χ1n) is 8.74. The molecular weight excluding hydrogens is 398 g/mol. The molecule has 0 saturated carbocycles. The average molecular weight is 419 g/mol. The first-order valence-corrected chi connectivity index (χ1v) is 9.56. The van der Waals surface area contributed by atoms with Gasteiger partial charge in [0.05, 0.1) is 25.0 Å². The number of thiophene rings is 1. The van der Waals surface area contributed by atoms with Crippen molar-refractivity contribution < 1.29 is 29.0 Å². The number of aromatic hydroxyl groups is 1. The molecule has 2 rings (SSSR count). The maximum absolute atomic E-state index is 12.3. The van der Waals surface area contributed by atoms with Gasteiger partial charge in [-0.05, 0) is 38.5 Å². The highest BCUT2D eigenvalue weighted by Gasteiger charge is 2.27. The summed E-state index contributed by atoms with van der Waals surface area (Å²) >= 11 is 0.910. The molecule has 0 fully saturated rings. The third-order valence-electron chi connectivity index (χ3n) is 3.62. The van der Waals surface area contributed by atoms with Gasteiger partial charge in [0.1, 0.15) is 15.6 Å². The monoisotopic (exact) mass is 419 g/mol. The number of hydrogen-bond donors (Lipinski definition) is 3. The van der Waals surface area contributed by atoms with Crippen molar-refractivity contribution in [2.24, 2.45) is 5.10 Å². The summed E-state index contributed by atoms with van der Waals surface area (Å²) < 4.78 is 10.0. The first kappa shape index (κ1) is 21.9. The zero-order valence-corrected chi connectivity index (χ0v) is 17.0. The number of para-hydroxylation sites is 1. The molecule has 154 valence electrons. The summed E-state index contributed by atoms with van der Waals surface area (Å²) in [5.74, 6) is -1.24. The number of amides is 2. The van der Waals surface area contributed by atoms with Crippen molar-refractivity contribution >= 4 is 40.5 Å². The van der Waals surface area contributed by atoms with Crippen LogP contribution in [0.1, 0.15) is 45.0 Å². The molecule has 0 atom stereocenters. The predicted molar refractivity (Wildman–Crippen MR) is 109 cm³/mol. The molecule has 0 unspecified atom stereocenters. The Hall–Kier alpha value is -3.40. The zero-order chi connectivity index (χ0) is 21.4. The molecule has 9 nitrogen and oxygen atoms in total. The fraction of sp³-hybridized carbons (Fsp3) is 0.263. The van der Waals surface area contributed by atoms with E-state index in [9.17, 15) is 19.5 Å². The Bertz CT molecular complexity index is 938. The van der Waals surface area contributed by atoms with Crippen LogP contribution in [-0.4, -0.2) is 42.5 Å². The number of phenolic OH excluding ortho intramolecular Hbond substituents is 1. The molecule has 1 heterocycles. The van der Waals surface area contributed by atoms with Crippen molar-refractivity contribution in [3.63, 3.8) is 0 Å². The Morgan fingerprint density at radius 2 is 1.79 bits per heavy atom. The Morgan fingerprint density at radius 1 is 1.14 bits per heavy atom. The van der Waals surface area contributed by atoms with Crippen LogP contribution in [0.15, 0.2) is 29.4 Å². The Morgan fingerprint density at radius 3 is 2.45 bits per heavy atom. The summed E-state index contributed by atoms with van der Waals surface area (Å²) in [4.78, 5) is 36.8. The van der Waals surface area contributed by atoms with E-state index >= 15 is 0 Å². The van der Waals surface area contributed by atoms with E-state index in [1.165, 1.54) is 12.3 Å². The van der Waals surface area contributed by atoms with E-state index in [0.29, 0.717) is 11.1 Å². The third-order valence-corrected chi connectivity index (χ3v) is 4.81. The van der Waals surface area contributed by atoms with E-state index in [-0.39, 0.29) is 34.4 Å². The van der Waals surface area contributed by atoms with E-state index in [4.69, 9.17) is 9.47 Å². The van der Waals surface area contributed by atoms with Crippen molar-refractivity contribution in [2.75, 3.05) is 18.5 Å². The number of hydrogen-bond acceptors (Lipinski definition) is 8. The van der Waals surface area contributed by atoms with Gasteiger partial charge in [0.25, 0.3) is 0 Å².